The number of likely N-dealkylation sites (N-methyl/N-ethyl adjacent to an activating group) is 1. The average molecular weight is 333 g/mol. The third kappa shape index (κ3) is 3.74. The van der Waals surface area contributed by atoms with Crippen molar-refractivity contribution in [2.75, 3.05) is 12.9 Å². The molecule has 0 aliphatic carbocycles. The molecule has 1 aromatic carbocycles. The molecule has 1 N–H and O–H groups in total. The summed E-state index contributed by atoms with van der Waals surface area (Å²) in [5.74, 6) is 1.13. The maximum atomic E-state index is 12.1. The minimum Gasteiger partial charge on any atom is -0.507 e. The van der Waals surface area contributed by atoms with Crippen molar-refractivity contribution < 1.29 is 9.90 Å². The molecular weight excluding hydrogens is 306 g/mol. The molecule has 1 aliphatic heterocycles. The number of nitrogens with zero attached hydrogens (tertiary/aromatic N) is 1. The lowest BCUT2D eigenvalue weighted by atomic mass is 9.78. The van der Waals surface area contributed by atoms with Crippen LogP contribution in [0.15, 0.2) is 17.0 Å². The van der Waals surface area contributed by atoms with Crippen LogP contribution in [0.5, 0.6) is 5.75 Å². The molecule has 0 aromatic heterocycles. The van der Waals surface area contributed by atoms with E-state index < -0.39 is 0 Å². The molecule has 0 atom stereocenters. The zero-order valence-corrected chi connectivity index (χ0v) is 16.0. The highest BCUT2D eigenvalue weighted by Crippen LogP contribution is 2.40. The van der Waals surface area contributed by atoms with Crippen LogP contribution in [0, 0.1) is 0 Å². The second-order valence-corrected chi connectivity index (χ2v) is 9.24. The van der Waals surface area contributed by atoms with Crippen LogP contribution in [0.4, 0.5) is 0 Å². The van der Waals surface area contributed by atoms with Gasteiger partial charge in [0.05, 0.1) is 10.8 Å². The normalized spacial score (nSPS) is 18.1. The summed E-state index contributed by atoms with van der Waals surface area (Å²) in [5, 5.41) is 10.7. The van der Waals surface area contributed by atoms with Crippen LogP contribution in [0.3, 0.4) is 0 Å². The van der Waals surface area contributed by atoms with Gasteiger partial charge in [-0.25, -0.2) is 0 Å². The van der Waals surface area contributed by atoms with Crippen LogP contribution in [-0.2, 0) is 15.6 Å². The van der Waals surface area contributed by atoms with E-state index in [1.54, 1.807) is 16.7 Å². The highest BCUT2D eigenvalue weighted by atomic mass is 32.2. The Morgan fingerprint density at radius 3 is 1.91 bits per heavy atom. The summed E-state index contributed by atoms with van der Waals surface area (Å²) in [6.07, 6.45) is 1.94. The van der Waals surface area contributed by atoms with Crippen molar-refractivity contribution in [2.24, 2.45) is 0 Å². The average Bonchev–Trinajstić information content (AvgIpc) is 2.70. The predicted molar refractivity (Wildman–Crippen MR) is 98.7 cm³/mol. The molecule has 2 rings (SSSR count). The molecular formula is C19H27NO2S. The molecule has 1 heterocycles. The van der Waals surface area contributed by atoms with Crippen LogP contribution < -0.4 is 0 Å². The van der Waals surface area contributed by atoms with Crippen LogP contribution in [0.25, 0.3) is 6.08 Å². The molecule has 0 bridgehead atoms. The Kier molecular flexibility index (Phi) is 4.60. The van der Waals surface area contributed by atoms with Gasteiger partial charge in [0.15, 0.2) is 0 Å². The summed E-state index contributed by atoms with van der Waals surface area (Å²) in [6, 6.07) is 4.01. The fourth-order valence-electron chi connectivity index (χ4n) is 2.61. The number of rotatable bonds is 1. The Labute approximate surface area is 143 Å². The molecule has 1 aliphatic rings. The highest BCUT2D eigenvalue weighted by Gasteiger charge is 2.27. The summed E-state index contributed by atoms with van der Waals surface area (Å²) in [4.78, 5) is 14.6. The molecule has 1 fully saturated rings. The van der Waals surface area contributed by atoms with Crippen molar-refractivity contribution in [1.29, 1.82) is 0 Å². The second kappa shape index (κ2) is 5.90. The largest absolute Gasteiger partial charge is 0.507 e. The first kappa shape index (κ1) is 17.9. The number of amides is 1. The smallest absolute Gasteiger partial charge is 0.260 e. The lowest BCUT2D eigenvalue weighted by Gasteiger charge is -2.28. The summed E-state index contributed by atoms with van der Waals surface area (Å²) in [7, 11) is 1.81. The molecule has 0 saturated carbocycles. The first-order chi connectivity index (χ1) is 10.4. The van der Waals surface area contributed by atoms with Gasteiger partial charge in [0, 0.05) is 18.2 Å². The van der Waals surface area contributed by atoms with E-state index in [0.29, 0.717) is 11.6 Å². The van der Waals surface area contributed by atoms with Crippen molar-refractivity contribution >= 4 is 23.7 Å². The Bertz CT molecular complexity index is 628. The van der Waals surface area contributed by atoms with E-state index in [9.17, 15) is 9.90 Å². The molecule has 0 spiro atoms. The molecule has 0 unspecified atom stereocenters. The maximum Gasteiger partial charge on any atom is 0.260 e. The van der Waals surface area contributed by atoms with Gasteiger partial charge >= 0.3 is 0 Å². The number of phenolic OH excluding ortho intramolecular Hbond substituents is 1. The maximum absolute atomic E-state index is 12.1. The monoisotopic (exact) mass is 333 g/mol. The minimum atomic E-state index is -0.164. The fraction of sp³-hybridized carbons (Fsp3) is 0.526. The number of phenols is 1. The van der Waals surface area contributed by atoms with Gasteiger partial charge in [-0.1, -0.05) is 53.3 Å². The molecule has 126 valence electrons. The Morgan fingerprint density at radius 1 is 1.09 bits per heavy atom. The van der Waals surface area contributed by atoms with Gasteiger partial charge in [-0.05, 0) is 34.6 Å². The molecule has 3 nitrogen and oxygen atoms in total. The Balaban J connectivity index is 2.62. The first-order valence-corrected chi connectivity index (χ1v) is 8.88. The summed E-state index contributed by atoms with van der Waals surface area (Å²) < 4.78 is 0. The molecule has 1 amide bonds. The number of carbonyl (C=O) groups excluding carboxylic acids is 1. The van der Waals surface area contributed by atoms with Gasteiger partial charge in [-0.15, -0.1) is 0 Å². The van der Waals surface area contributed by atoms with Crippen molar-refractivity contribution in [3.05, 3.63) is 33.7 Å². The van der Waals surface area contributed by atoms with E-state index in [1.807, 2.05) is 25.3 Å². The summed E-state index contributed by atoms with van der Waals surface area (Å²) >= 11 is 1.56. The minimum absolute atomic E-state index is 0.0673. The Morgan fingerprint density at radius 2 is 1.57 bits per heavy atom. The molecule has 1 aromatic rings. The lowest BCUT2D eigenvalue weighted by Crippen LogP contribution is -2.19. The predicted octanol–water partition coefficient (Wildman–Crippen LogP) is 4.49. The van der Waals surface area contributed by atoms with Gasteiger partial charge < -0.3 is 10.0 Å². The van der Waals surface area contributed by atoms with Gasteiger partial charge in [-0.2, -0.15) is 0 Å². The van der Waals surface area contributed by atoms with Gasteiger partial charge in [0.1, 0.15) is 5.75 Å². The molecule has 0 radical (unpaired) electrons. The van der Waals surface area contributed by atoms with E-state index >= 15 is 0 Å². The van der Waals surface area contributed by atoms with Crippen molar-refractivity contribution in [3.8, 4) is 5.75 Å². The van der Waals surface area contributed by atoms with Crippen LogP contribution in [0.2, 0.25) is 0 Å². The lowest BCUT2D eigenvalue weighted by molar-refractivity contribution is -0.123. The topological polar surface area (TPSA) is 40.5 Å². The molecule has 1 saturated heterocycles. The SMILES string of the molecule is CN1CSC(=Cc2cc(C(C)(C)C)c(O)c(C(C)(C)C)c2)C1=O. The van der Waals surface area contributed by atoms with Crippen molar-refractivity contribution in [2.45, 2.75) is 52.4 Å². The van der Waals surface area contributed by atoms with E-state index in [0.717, 1.165) is 21.6 Å². The van der Waals surface area contributed by atoms with Crippen molar-refractivity contribution in [3.63, 3.8) is 0 Å². The number of thioether (sulfide) groups is 1. The number of benzene rings is 1. The van der Waals surface area contributed by atoms with Gasteiger partial charge in [-0.3, -0.25) is 4.79 Å². The van der Waals surface area contributed by atoms with E-state index in [1.165, 1.54) is 0 Å². The summed E-state index contributed by atoms with van der Waals surface area (Å²) in [5.41, 5.74) is 2.48. The zero-order chi connectivity index (χ0) is 17.6. The molecule has 4 heteroatoms. The quantitative estimate of drug-likeness (QED) is 0.770. The van der Waals surface area contributed by atoms with Crippen LogP contribution in [0.1, 0.15) is 58.2 Å². The fourth-order valence-corrected chi connectivity index (χ4v) is 3.56. The summed E-state index contributed by atoms with van der Waals surface area (Å²) in [6.45, 7) is 12.6. The standard InChI is InChI=1S/C19H27NO2S/c1-18(2,3)13-8-12(9-14(16(13)21)19(4,5)6)10-15-17(22)20(7)11-23-15/h8-10,21H,11H2,1-7H3. The number of hydrogen-bond donors (Lipinski definition) is 1. The number of hydrogen-bond acceptors (Lipinski definition) is 3. The van der Waals surface area contributed by atoms with Gasteiger partial charge in [0.25, 0.3) is 5.91 Å². The molecule has 23 heavy (non-hydrogen) atoms. The van der Waals surface area contributed by atoms with Gasteiger partial charge in [0.2, 0.25) is 0 Å². The Hall–Kier alpha value is -1.42. The first-order valence-electron chi connectivity index (χ1n) is 7.89. The number of carbonyl (C=O) groups is 1. The van der Waals surface area contributed by atoms with Crippen LogP contribution in [-0.4, -0.2) is 28.8 Å². The second-order valence-electron chi connectivity index (χ2n) is 8.25. The third-order valence-corrected chi connectivity index (χ3v) is 5.14. The number of aromatic hydroxyl groups is 1. The van der Waals surface area contributed by atoms with E-state index in [-0.39, 0.29) is 16.7 Å². The third-order valence-electron chi connectivity index (χ3n) is 4.02. The zero-order valence-electron chi connectivity index (χ0n) is 15.2. The van der Waals surface area contributed by atoms with Crippen LogP contribution >= 0.6 is 11.8 Å². The van der Waals surface area contributed by atoms with Crippen molar-refractivity contribution in [1.82, 2.24) is 4.90 Å². The van der Waals surface area contributed by atoms with E-state index in [2.05, 4.69) is 41.5 Å². The van der Waals surface area contributed by atoms with E-state index in [4.69, 9.17) is 0 Å². The highest BCUT2D eigenvalue weighted by molar-refractivity contribution is 8.04.